The first-order chi connectivity index (χ1) is 10.5. The van der Waals surface area contributed by atoms with Gasteiger partial charge in [-0.3, -0.25) is 0 Å². The molecule has 1 atom stereocenters. The van der Waals surface area contributed by atoms with Gasteiger partial charge in [0.05, 0.1) is 0 Å². The largest absolute Gasteiger partial charge is 1.00 e. The molecule has 2 aromatic rings. The molecule has 0 saturated heterocycles. The Balaban J connectivity index is 0.00000192. The van der Waals surface area contributed by atoms with Gasteiger partial charge in [0, 0.05) is 10.8 Å². The monoisotopic (exact) mass is 334 g/mol. The van der Waals surface area contributed by atoms with Crippen molar-refractivity contribution in [1.29, 1.82) is 0 Å². The van der Waals surface area contributed by atoms with Crippen molar-refractivity contribution < 1.29 is 42.5 Å². The molecular weight excluding hydrogens is 319 g/mol. The van der Waals surface area contributed by atoms with Crippen LogP contribution in [0.2, 0.25) is 0 Å². The van der Waals surface area contributed by atoms with Gasteiger partial charge in [-0.2, -0.15) is 0 Å². The van der Waals surface area contributed by atoms with E-state index in [0.717, 1.165) is 10.8 Å². The Kier molecular flexibility index (Phi) is 5.65. The average Bonchev–Trinajstić information content (AvgIpc) is 2.47. The van der Waals surface area contributed by atoms with E-state index in [1.165, 1.54) is 0 Å². The van der Waals surface area contributed by atoms with Crippen molar-refractivity contribution in [3.8, 4) is 0 Å². The summed E-state index contributed by atoms with van der Waals surface area (Å²) in [6, 6.07) is 16.6. The molecule has 5 heteroatoms. The van der Waals surface area contributed by atoms with E-state index in [1.54, 1.807) is 18.2 Å². The molecule has 1 unspecified atom stereocenters. The number of fused-ring (bicyclic) bond motifs is 1. The van der Waals surface area contributed by atoms with E-state index in [9.17, 15) is 13.0 Å². The quantitative estimate of drug-likeness (QED) is 0.510. The van der Waals surface area contributed by atoms with Crippen LogP contribution in [0.15, 0.2) is 66.7 Å². The molecule has 0 fully saturated rings. The second kappa shape index (κ2) is 7.16. The minimum atomic E-state index is -4.56. The smallest absolute Gasteiger partial charge is 0.744 e. The summed E-state index contributed by atoms with van der Waals surface area (Å²) in [5.41, 5.74) is 1.62. The number of hydrogen-bond donors (Lipinski definition) is 0. The molecule has 0 saturated carbocycles. The molecule has 3 nitrogen and oxygen atoms in total. The van der Waals surface area contributed by atoms with Crippen LogP contribution in [0.5, 0.6) is 0 Å². The maximum atomic E-state index is 11.8. The zero-order valence-corrected chi connectivity index (χ0v) is 15.7. The number of rotatable bonds is 3. The van der Waals surface area contributed by atoms with Crippen molar-refractivity contribution in [2.75, 3.05) is 0 Å². The average molecular weight is 334 g/mol. The van der Waals surface area contributed by atoms with Crippen molar-refractivity contribution in [3.05, 3.63) is 82.8 Å². The van der Waals surface area contributed by atoms with Crippen LogP contribution >= 0.6 is 0 Å². The van der Waals surface area contributed by atoms with Crippen LogP contribution in [-0.4, -0.2) is 13.0 Å². The molecule has 0 N–H and O–H groups in total. The molecule has 1 aliphatic carbocycles. The molecule has 112 valence electrons. The number of benzene rings is 2. The molecule has 2 aromatic carbocycles. The summed E-state index contributed by atoms with van der Waals surface area (Å²) in [5.74, 6) is -0.514. The first-order valence-electron chi connectivity index (χ1n) is 6.96. The fourth-order valence-corrected chi connectivity index (χ4v) is 3.92. The molecule has 1 aliphatic rings. The molecule has 0 aromatic heterocycles. The van der Waals surface area contributed by atoms with Gasteiger partial charge < -0.3 is 4.55 Å². The van der Waals surface area contributed by atoms with Crippen LogP contribution in [0.25, 0.3) is 11.0 Å². The van der Waals surface area contributed by atoms with Crippen LogP contribution < -0.4 is 40.0 Å². The van der Waals surface area contributed by atoms with Gasteiger partial charge in [-0.15, -0.1) is 0 Å². The van der Waals surface area contributed by atoms with Gasteiger partial charge in [-0.05, 0) is 28.0 Å². The number of allylic oxidation sites excluding steroid dienone is 1. The molecule has 3 rings (SSSR count). The van der Waals surface area contributed by atoms with Crippen LogP contribution in [0.1, 0.15) is 5.56 Å². The Morgan fingerprint density at radius 2 is 1.61 bits per heavy atom. The van der Waals surface area contributed by atoms with Gasteiger partial charge in [0.2, 0.25) is 0 Å². The maximum Gasteiger partial charge on any atom is 1.00 e. The molecule has 0 radical (unpaired) electrons. The van der Waals surface area contributed by atoms with Crippen LogP contribution in [0.4, 0.5) is 0 Å². The zero-order valence-electron chi connectivity index (χ0n) is 12.9. The number of hydrogen-bond acceptors (Lipinski definition) is 3. The van der Waals surface area contributed by atoms with E-state index in [4.69, 9.17) is 0 Å². The van der Waals surface area contributed by atoms with Gasteiger partial charge in [0.15, 0.2) is 0 Å². The molecule has 0 bridgehead atoms. The van der Waals surface area contributed by atoms with Crippen LogP contribution in [0, 0.1) is 5.92 Å². The summed E-state index contributed by atoms with van der Waals surface area (Å²) in [4.78, 5) is -0.0700. The van der Waals surface area contributed by atoms with Crippen LogP contribution in [0.3, 0.4) is 0 Å². The minimum absolute atomic E-state index is 0. The van der Waals surface area contributed by atoms with E-state index in [0.29, 0.717) is 17.2 Å². The Hall–Kier alpha value is -1.17. The topological polar surface area (TPSA) is 57.2 Å². The van der Waals surface area contributed by atoms with Crippen molar-refractivity contribution in [2.45, 2.75) is 6.42 Å². The maximum absolute atomic E-state index is 11.8. The standard InChI is InChI=1S/C18H16O3S.Na/c1-13-11-15-9-5-6-10-16(15)18(22(19,20)21)17(13)12-14-7-3-2-4-8-14;/h2-11,17H,1,12H2,(H,19,20,21);/q;+1/p-1. The first-order valence-corrected chi connectivity index (χ1v) is 8.37. The van der Waals surface area contributed by atoms with E-state index >= 15 is 0 Å². The third-order valence-electron chi connectivity index (χ3n) is 3.88. The predicted octanol–water partition coefficient (Wildman–Crippen LogP) is -1.45. The Morgan fingerprint density at radius 3 is 2.26 bits per heavy atom. The third kappa shape index (κ3) is 3.84. The summed E-state index contributed by atoms with van der Waals surface area (Å²) in [7, 11) is -4.56. The molecule has 0 spiro atoms. The summed E-state index contributed by atoms with van der Waals surface area (Å²) < 4.78 is 35.5. The zero-order chi connectivity index (χ0) is 15.7. The molecule has 0 aliphatic heterocycles. The SMILES string of the molecule is C=C1C=c2ccccc2=C(S(=O)(=O)[O-])C1Cc1ccccc1.[Na+]. The molecule has 0 amide bonds. The first kappa shape index (κ1) is 18.2. The van der Waals surface area contributed by atoms with Crippen molar-refractivity contribution in [1.82, 2.24) is 0 Å². The summed E-state index contributed by atoms with van der Waals surface area (Å²) in [6.45, 7) is 3.97. The predicted molar refractivity (Wildman–Crippen MR) is 86.0 cm³/mol. The minimum Gasteiger partial charge on any atom is -0.744 e. The van der Waals surface area contributed by atoms with Gasteiger partial charge in [-0.1, -0.05) is 67.3 Å². The van der Waals surface area contributed by atoms with Crippen molar-refractivity contribution >= 4 is 21.1 Å². The summed E-state index contributed by atoms with van der Waals surface area (Å²) in [5, 5.41) is 1.22. The second-order valence-electron chi connectivity index (χ2n) is 5.37. The second-order valence-corrected chi connectivity index (χ2v) is 6.72. The van der Waals surface area contributed by atoms with Crippen LogP contribution in [-0.2, 0) is 16.5 Å². The summed E-state index contributed by atoms with van der Waals surface area (Å²) in [6.07, 6.45) is 2.30. The van der Waals surface area contributed by atoms with Gasteiger partial charge in [-0.25, -0.2) is 8.42 Å². The molecule has 23 heavy (non-hydrogen) atoms. The Labute approximate surface area is 158 Å². The molecular formula is C18H15NaO3S. The van der Waals surface area contributed by atoms with Gasteiger partial charge in [0.1, 0.15) is 10.1 Å². The fourth-order valence-electron chi connectivity index (χ4n) is 2.89. The van der Waals surface area contributed by atoms with E-state index in [-0.39, 0.29) is 34.5 Å². The third-order valence-corrected chi connectivity index (χ3v) is 4.93. The van der Waals surface area contributed by atoms with Crippen molar-refractivity contribution in [3.63, 3.8) is 0 Å². The Morgan fingerprint density at radius 1 is 1.00 bits per heavy atom. The van der Waals surface area contributed by atoms with Gasteiger partial charge in [0.25, 0.3) is 0 Å². The van der Waals surface area contributed by atoms with Crippen molar-refractivity contribution in [2.24, 2.45) is 5.92 Å². The van der Waals surface area contributed by atoms with E-state index in [1.807, 2.05) is 42.5 Å². The normalized spacial score (nSPS) is 17.0. The van der Waals surface area contributed by atoms with Gasteiger partial charge >= 0.3 is 29.6 Å². The fraction of sp³-hybridized carbons (Fsp3) is 0.111. The Bertz CT molecular complexity index is 947. The van der Waals surface area contributed by atoms with E-state index in [2.05, 4.69) is 6.58 Å². The molecule has 0 heterocycles. The van der Waals surface area contributed by atoms with E-state index < -0.39 is 16.0 Å². The summed E-state index contributed by atoms with van der Waals surface area (Å²) >= 11 is 0.